The van der Waals surface area contributed by atoms with Gasteiger partial charge < -0.3 is 4.74 Å². The Morgan fingerprint density at radius 2 is 2.22 bits per heavy atom. The first-order valence-corrected chi connectivity index (χ1v) is 7.21. The van der Waals surface area contributed by atoms with E-state index in [0.717, 1.165) is 11.3 Å². The summed E-state index contributed by atoms with van der Waals surface area (Å²) in [6, 6.07) is 5.78. The van der Waals surface area contributed by atoms with Crippen molar-refractivity contribution in [3.63, 3.8) is 0 Å². The standard InChI is InChI=1S/C16H16F2N4O/c1-11(14-8-13(18)2-3-16(14)23-7-5-17)22-6-4-15(21-22)12-9-19-20-10-12/h2-4,6,8-11H,5,7H2,1H3,(H,19,20)/t11-/m1/s1. The zero-order valence-electron chi connectivity index (χ0n) is 12.5. The lowest BCUT2D eigenvalue weighted by molar-refractivity contribution is 0.268. The third-order valence-corrected chi connectivity index (χ3v) is 3.56. The highest BCUT2D eigenvalue weighted by atomic mass is 19.1. The number of ether oxygens (including phenoxy) is 1. The number of nitrogens with one attached hydrogen (secondary N) is 1. The summed E-state index contributed by atoms with van der Waals surface area (Å²) in [7, 11) is 0. The van der Waals surface area contributed by atoms with E-state index in [1.54, 1.807) is 23.3 Å². The summed E-state index contributed by atoms with van der Waals surface area (Å²) in [4.78, 5) is 0. The Kier molecular flexibility index (Phi) is 4.36. The van der Waals surface area contributed by atoms with E-state index in [1.165, 1.54) is 18.2 Å². The number of halogens is 2. The topological polar surface area (TPSA) is 55.7 Å². The third kappa shape index (κ3) is 3.23. The Labute approximate surface area is 131 Å². The van der Waals surface area contributed by atoms with Crippen LogP contribution in [0.3, 0.4) is 0 Å². The Hall–Kier alpha value is -2.70. The van der Waals surface area contributed by atoms with Crippen LogP contribution in [0.5, 0.6) is 5.75 Å². The molecule has 7 heteroatoms. The molecule has 3 aromatic rings. The molecule has 0 amide bonds. The van der Waals surface area contributed by atoms with Crippen LogP contribution in [-0.4, -0.2) is 33.3 Å². The van der Waals surface area contributed by atoms with Gasteiger partial charge in [-0.15, -0.1) is 0 Å². The monoisotopic (exact) mass is 318 g/mol. The second kappa shape index (κ2) is 6.60. The molecule has 23 heavy (non-hydrogen) atoms. The fourth-order valence-electron chi connectivity index (χ4n) is 2.37. The maximum absolute atomic E-state index is 13.6. The van der Waals surface area contributed by atoms with Gasteiger partial charge in [0.15, 0.2) is 0 Å². The molecule has 3 rings (SSSR count). The molecule has 0 bridgehead atoms. The molecular weight excluding hydrogens is 302 g/mol. The summed E-state index contributed by atoms with van der Waals surface area (Å²) in [6.45, 7) is 1.21. The Balaban J connectivity index is 1.90. The predicted molar refractivity (Wildman–Crippen MR) is 81.5 cm³/mol. The first-order chi connectivity index (χ1) is 11.2. The first kappa shape index (κ1) is 15.2. The lowest BCUT2D eigenvalue weighted by atomic mass is 10.1. The van der Waals surface area contributed by atoms with Crippen molar-refractivity contribution in [2.24, 2.45) is 0 Å². The van der Waals surface area contributed by atoms with Crippen molar-refractivity contribution in [1.29, 1.82) is 0 Å². The van der Waals surface area contributed by atoms with Gasteiger partial charge in [0.25, 0.3) is 0 Å². The molecule has 0 spiro atoms. The smallest absolute Gasteiger partial charge is 0.124 e. The largest absolute Gasteiger partial charge is 0.490 e. The normalized spacial score (nSPS) is 12.3. The van der Waals surface area contributed by atoms with Gasteiger partial charge in [-0.1, -0.05) is 0 Å². The summed E-state index contributed by atoms with van der Waals surface area (Å²) >= 11 is 0. The number of hydrogen-bond donors (Lipinski definition) is 1. The van der Waals surface area contributed by atoms with Crippen LogP contribution < -0.4 is 4.74 Å². The molecule has 1 atom stereocenters. The van der Waals surface area contributed by atoms with Crippen LogP contribution in [0.15, 0.2) is 42.9 Å². The summed E-state index contributed by atoms with van der Waals surface area (Å²) in [5, 5.41) is 11.1. The van der Waals surface area contributed by atoms with E-state index in [0.29, 0.717) is 11.3 Å². The molecule has 2 aromatic heterocycles. The number of nitrogens with zero attached hydrogens (tertiary/aromatic N) is 3. The van der Waals surface area contributed by atoms with Crippen molar-refractivity contribution >= 4 is 0 Å². The van der Waals surface area contributed by atoms with E-state index in [9.17, 15) is 8.78 Å². The number of rotatable bonds is 6. The van der Waals surface area contributed by atoms with Crippen LogP contribution >= 0.6 is 0 Å². The van der Waals surface area contributed by atoms with Crippen LogP contribution in [0.1, 0.15) is 18.5 Å². The number of alkyl halides is 1. The number of benzene rings is 1. The molecule has 5 nitrogen and oxygen atoms in total. The molecular formula is C16H16F2N4O. The van der Waals surface area contributed by atoms with Gasteiger partial charge in [0.1, 0.15) is 24.8 Å². The highest BCUT2D eigenvalue weighted by molar-refractivity contribution is 5.55. The fourth-order valence-corrected chi connectivity index (χ4v) is 2.37. The van der Waals surface area contributed by atoms with E-state index in [1.807, 2.05) is 13.0 Å². The first-order valence-electron chi connectivity index (χ1n) is 7.21. The van der Waals surface area contributed by atoms with Crippen molar-refractivity contribution in [2.45, 2.75) is 13.0 Å². The van der Waals surface area contributed by atoms with Crippen molar-refractivity contribution in [2.75, 3.05) is 13.3 Å². The molecule has 0 aliphatic carbocycles. The number of aromatic nitrogens is 4. The SMILES string of the molecule is C[C@H](c1cc(F)ccc1OCCF)n1ccc(-c2cn[nH]c2)n1. The molecule has 0 unspecified atom stereocenters. The summed E-state index contributed by atoms with van der Waals surface area (Å²) in [5.74, 6) is 0.0820. The molecule has 120 valence electrons. The van der Waals surface area contributed by atoms with E-state index in [4.69, 9.17) is 4.74 Å². The molecule has 0 radical (unpaired) electrons. The highest BCUT2D eigenvalue weighted by Crippen LogP contribution is 2.29. The fraction of sp³-hybridized carbons (Fsp3) is 0.250. The zero-order valence-corrected chi connectivity index (χ0v) is 12.5. The molecule has 1 N–H and O–H groups in total. The maximum atomic E-state index is 13.6. The molecule has 0 saturated carbocycles. The van der Waals surface area contributed by atoms with Crippen molar-refractivity contribution in [3.05, 3.63) is 54.2 Å². The minimum atomic E-state index is -0.600. The predicted octanol–water partition coefficient (Wildman–Crippen LogP) is 3.37. The van der Waals surface area contributed by atoms with Gasteiger partial charge in [-0.2, -0.15) is 10.2 Å². The highest BCUT2D eigenvalue weighted by Gasteiger charge is 2.16. The summed E-state index contributed by atoms with van der Waals surface area (Å²) < 4.78 is 33.0. The summed E-state index contributed by atoms with van der Waals surface area (Å²) in [6.07, 6.45) is 5.22. The Morgan fingerprint density at radius 1 is 1.35 bits per heavy atom. The van der Waals surface area contributed by atoms with Crippen LogP contribution in [0.25, 0.3) is 11.3 Å². The minimum Gasteiger partial charge on any atom is -0.490 e. The quantitative estimate of drug-likeness (QED) is 0.758. The van der Waals surface area contributed by atoms with Gasteiger partial charge in [-0.3, -0.25) is 9.78 Å². The number of hydrogen-bond acceptors (Lipinski definition) is 3. The van der Waals surface area contributed by atoms with Gasteiger partial charge in [0.05, 0.1) is 17.9 Å². The van der Waals surface area contributed by atoms with Crippen LogP contribution in [-0.2, 0) is 0 Å². The zero-order chi connectivity index (χ0) is 16.2. The maximum Gasteiger partial charge on any atom is 0.124 e. The van der Waals surface area contributed by atoms with Crippen molar-refractivity contribution < 1.29 is 13.5 Å². The Morgan fingerprint density at radius 3 is 2.96 bits per heavy atom. The van der Waals surface area contributed by atoms with Gasteiger partial charge in [-0.05, 0) is 31.2 Å². The van der Waals surface area contributed by atoms with E-state index in [2.05, 4.69) is 15.3 Å². The second-order valence-corrected chi connectivity index (χ2v) is 5.06. The molecule has 0 saturated heterocycles. The van der Waals surface area contributed by atoms with Crippen LogP contribution in [0.4, 0.5) is 8.78 Å². The average Bonchev–Trinajstić information content (AvgIpc) is 3.23. The number of H-pyrrole nitrogens is 1. The molecule has 2 heterocycles. The molecule has 0 aliphatic heterocycles. The van der Waals surface area contributed by atoms with Crippen molar-refractivity contribution in [3.8, 4) is 17.0 Å². The molecule has 1 aromatic carbocycles. The van der Waals surface area contributed by atoms with E-state index < -0.39 is 6.67 Å². The molecule has 0 aliphatic rings. The second-order valence-electron chi connectivity index (χ2n) is 5.06. The van der Waals surface area contributed by atoms with E-state index in [-0.39, 0.29) is 18.5 Å². The number of aromatic amines is 1. The lowest BCUT2D eigenvalue weighted by Crippen LogP contribution is -2.11. The van der Waals surface area contributed by atoms with Gasteiger partial charge >= 0.3 is 0 Å². The average molecular weight is 318 g/mol. The van der Waals surface area contributed by atoms with Crippen LogP contribution in [0, 0.1) is 5.82 Å². The van der Waals surface area contributed by atoms with Crippen LogP contribution in [0.2, 0.25) is 0 Å². The van der Waals surface area contributed by atoms with Gasteiger partial charge in [0, 0.05) is 23.5 Å². The third-order valence-electron chi connectivity index (χ3n) is 3.56. The van der Waals surface area contributed by atoms with Gasteiger partial charge in [-0.25, -0.2) is 8.78 Å². The summed E-state index contributed by atoms with van der Waals surface area (Å²) in [5.41, 5.74) is 2.23. The van der Waals surface area contributed by atoms with Gasteiger partial charge in [0.2, 0.25) is 0 Å². The van der Waals surface area contributed by atoms with E-state index >= 15 is 0 Å². The van der Waals surface area contributed by atoms with Crippen molar-refractivity contribution in [1.82, 2.24) is 20.0 Å². The minimum absolute atomic E-state index is 0.0648. The lowest BCUT2D eigenvalue weighted by Gasteiger charge is -2.17. The molecule has 0 fully saturated rings. The Bertz CT molecular complexity index is 770.